The van der Waals surface area contributed by atoms with Gasteiger partial charge in [-0.3, -0.25) is 0 Å². The molecule has 0 aliphatic rings. The van der Waals surface area contributed by atoms with E-state index in [-0.39, 0.29) is 11.5 Å². The smallest absolute Gasteiger partial charge is 0.208 e. The van der Waals surface area contributed by atoms with Gasteiger partial charge in [0.05, 0.1) is 12.7 Å². The van der Waals surface area contributed by atoms with Crippen LogP contribution in [0.1, 0.15) is 63.4 Å². The highest BCUT2D eigenvalue weighted by Crippen LogP contribution is 2.24. The van der Waals surface area contributed by atoms with E-state index in [1.54, 1.807) is 6.20 Å². The van der Waals surface area contributed by atoms with Crippen molar-refractivity contribution < 1.29 is 4.42 Å². The largest absolute Gasteiger partial charge is 0.444 e. The van der Waals surface area contributed by atoms with E-state index in [0.717, 1.165) is 18.1 Å². The monoisotopic (exact) mass is 286 g/mol. The molecule has 1 N–H and O–H groups in total. The molecule has 1 unspecified atom stereocenters. The Hall–Kier alpha value is -1.61. The summed E-state index contributed by atoms with van der Waals surface area (Å²) in [6.07, 6.45) is 2.69. The van der Waals surface area contributed by atoms with E-state index in [2.05, 4.69) is 69.2 Å². The molecular weight excluding hydrogens is 260 g/mol. The lowest BCUT2D eigenvalue weighted by Gasteiger charge is -2.20. The minimum Gasteiger partial charge on any atom is -0.444 e. The summed E-state index contributed by atoms with van der Waals surface area (Å²) < 4.78 is 5.61. The quantitative estimate of drug-likeness (QED) is 0.886. The second-order valence-corrected chi connectivity index (χ2v) is 6.55. The van der Waals surface area contributed by atoms with E-state index in [1.807, 2.05) is 0 Å². The molecule has 114 valence electrons. The second-order valence-electron chi connectivity index (χ2n) is 6.55. The fraction of sp³-hybridized carbons (Fsp3) is 0.500. The third-order valence-corrected chi connectivity index (χ3v) is 3.79. The zero-order valence-electron chi connectivity index (χ0n) is 13.7. The summed E-state index contributed by atoms with van der Waals surface area (Å²) in [5.41, 5.74) is 2.84. The van der Waals surface area contributed by atoms with E-state index in [9.17, 15) is 0 Å². The fourth-order valence-corrected chi connectivity index (χ4v) is 2.22. The van der Waals surface area contributed by atoms with Crippen LogP contribution in [0.2, 0.25) is 0 Å². The van der Waals surface area contributed by atoms with Crippen molar-refractivity contribution >= 4 is 0 Å². The van der Waals surface area contributed by atoms with Crippen LogP contribution in [0.3, 0.4) is 0 Å². The zero-order chi connectivity index (χ0) is 15.5. The highest BCUT2D eigenvalue weighted by molar-refractivity contribution is 5.29. The highest BCUT2D eigenvalue weighted by Gasteiger charge is 2.14. The van der Waals surface area contributed by atoms with Crippen molar-refractivity contribution in [2.24, 2.45) is 0 Å². The first-order chi connectivity index (χ1) is 9.90. The van der Waals surface area contributed by atoms with Gasteiger partial charge in [0, 0.05) is 12.5 Å². The Labute approximate surface area is 127 Å². The minimum absolute atomic E-state index is 0.198. The van der Waals surface area contributed by atoms with Gasteiger partial charge in [-0.15, -0.1) is 0 Å². The standard InChI is InChI=1S/C18H26N2O/c1-6-16-11-20-17(21-16)12-19-13(2)14-7-9-15(10-8-14)18(3,4)5/h7-11,13,19H,6,12H2,1-5H3. The predicted octanol–water partition coefficient (Wildman–Crippen LogP) is 4.39. The average Bonchev–Trinajstić information content (AvgIpc) is 2.92. The maximum Gasteiger partial charge on any atom is 0.208 e. The molecule has 2 rings (SSSR count). The molecule has 2 aromatic rings. The van der Waals surface area contributed by atoms with E-state index in [4.69, 9.17) is 4.42 Å². The Kier molecular flexibility index (Phi) is 4.84. The van der Waals surface area contributed by atoms with Gasteiger partial charge in [0.15, 0.2) is 0 Å². The maximum atomic E-state index is 5.61. The maximum absolute atomic E-state index is 5.61. The highest BCUT2D eigenvalue weighted by atomic mass is 16.4. The number of rotatable bonds is 5. The van der Waals surface area contributed by atoms with Gasteiger partial charge >= 0.3 is 0 Å². The number of hydrogen-bond donors (Lipinski definition) is 1. The van der Waals surface area contributed by atoms with Crippen LogP contribution < -0.4 is 5.32 Å². The molecule has 0 aliphatic carbocycles. The second kappa shape index (κ2) is 6.44. The third kappa shape index (κ3) is 4.18. The predicted molar refractivity (Wildman–Crippen MR) is 86.3 cm³/mol. The van der Waals surface area contributed by atoms with Gasteiger partial charge in [-0.2, -0.15) is 0 Å². The van der Waals surface area contributed by atoms with Crippen molar-refractivity contribution in [1.82, 2.24) is 10.3 Å². The van der Waals surface area contributed by atoms with Gasteiger partial charge in [-0.1, -0.05) is 52.0 Å². The zero-order valence-corrected chi connectivity index (χ0v) is 13.7. The van der Waals surface area contributed by atoms with Crippen molar-refractivity contribution in [3.05, 3.63) is 53.2 Å². The molecular formula is C18H26N2O. The first-order valence-corrected chi connectivity index (χ1v) is 7.67. The molecule has 0 amide bonds. The summed E-state index contributed by atoms with van der Waals surface area (Å²) in [4.78, 5) is 4.27. The van der Waals surface area contributed by atoms with Crippen LogP contribution in [0.15, 0.2) is 34.9 Å². The average molecular weight is 286 g/mol. The molecule has 1 heterocycles. The molecule has 21 heavy (non-hydrogen) atoms. The van der Waals surface area contributed by atoms with Gasteiger partial charge in [0.2, 0.25) is 5.89 Å². The molecule has 0 spiro atoms. The van der Waals surface area contributed by atoms with E-state index >= 15 is 0 Å². The molecule has 1 atom stereocenters. The molecule has 0 fully saturated rings. The lowest BCUT2D eigenvalue weighted by Crippen LogP contribution is -2.18. The van der Waals surface area contributed by atoms with Gasteiger partial charge in [0.25, 0.3) is 0 Å². The molecule has 0 radical (unpaired) electrons. The Morgan fingerprint density at radius 2 is 1.86 bits per heavy atom. The van der Waals surface area contributed by atoms with Gasteiger partial charge in [-0.05, 0) is 23.5 Å². The van der Waals surface area contributed by atoms with Crippen molar-refractivity contribution in [3.63, 3.8) is 0 Å². The molecule has 0 bridgehead atoms. The van der Waals surface area contributed by atoms with Crippen LogP contribution in [0, 0.1) is 0 Å². The third-order valence-electron chi connectivity index (χ3n) is 3.79. The number of aromatic nitrogens is 1. The Morgan fingerprint density at radius 1 is 1.19 bits per heavy atom. The lowest BCUT2D eigenvalue weighted by molar-refractivity contribution is 0.424. The summed E-state index contributed by atoms with van der Waals surface area (Å²) >= 11 is 0. The Balaban J connectivity index is 1.95. The molecule has 1 aromatic heterocycles. The van der Waals surface area contributed by atoms with Crippen molar-refractivity contribution in [2.45, 2.75) is 59.0 Å². The summed E-state index contributed by atoms with van der Waals surface area (Å²) in [6, 6.07) is 9.11. The number of nitrogens with zero attached hydrogens (tertiary/aromatic N) is 1. The van der Waals surface area contributed by atoms with Crippen molar-refractivity contribution in [3.8, 4) is 0 Å². The van der Waals surface area contributed by atoms with Crippen LogP contribution >= 0.6 is 0 Å². The summed E-state index contributed by atoms with van der Waals surface area (Å²) in [5.74, 6) is 1.69. The van der Waals surface area contributed by atoms with E-state index < -0.39 is 0 Å². The van der Waals surface area contributed by atoms with Crippen LogP contribution in [-0.2, 0) is 18.4 Å². The normalized spacial score (nSPS) is 13.4. The van der Waals surface area contributed by atoms with Crippen molar-refractivity contribution in [1.29, 1.82) is 0 Å². The van der Waals surface area contributed by atoms with Gasteiger partial charge < -0.3 is 9.73 Å². The summed E-state index contributed by atoms with van der Waals surface area (Å²) in [6.45, 7) is 11.6. The number of hydrogen-bond acceptors (Lipinski definition) is 3. The molecule has 3 nitrogen and oxygen atoms in total. The van der Waals surface area contributed by atoms with Crippen LogP contribution in [0.25, 0.3) is 0 Å². The van der Waals surface area contributed by atoms with Crippen LogP contribution in [-0.4, -0.2) is 4.98 Å². The first-order valence-electron chi connectivity index (χ1n) is 7.67. The lowest BCUT2D eigenvalue weighted by atomic mass is 9.86. The summed E-state index contributed by atoms with van der Waals surface area (Å²) in [5, 5.41) is 3.45. The van der Waals surface area contributed by atoms with Crippen molar-refractivity contribution in [2.75, 3.05) is 0 Å². The SMILES string of the molecule is CCc1cnc(CNC(C)c2ccc(C(C)(C)C)cc2)o1. The molecule has 0 aliphatic heterocycles. The van der Waals surface area contributed by atoms with Gasteiger partial charge in [0.1, 0.15) is 5.76 Å². The van der Waals surface area contributed by atoms with E-state index in [0.29, 0.717) is 6.54 Å². The number of aryl methyl sites for hydroxylation is 1. The number of nitrogens with one attached hydrogen (secondary N) is 1. The molecule has 3 heteroatoms. The number of oxazole rings is 1. The Bertz CT molecular complexity index is 564. The van der Waals surface area contributed by atoms with E-state index in [1.165, 1.54) is 11.1 Å². The van der Waals surface area contributed by atoms with Crippen LogP contribution in [0.4, 0.5) is 0 Å². The minimum atomic E-state index is 0.198. The molecule has 0 saturated carbocycles. The molecule has 1 aromatic carbocycles. The topological polar surface area (TPSA) is 38.1 Å². The molecule has 0 saturated heterocycles. The first kappa shape index (κ1) is 15.8. The fourth-order valence-electron chi connectivity index (χ4n) is 2.22. The Morgan fingerprint density at radius 3 is 2.38 bits per heavy atom. The van der Waals surface area contributed by atoms with Crippen LogP contribution in [0.5, 0.6) is 0 Å². The number of benzene rings is 1. The van der Waals surface area contributed by atoms with Gasteiger partial charge in [-0.25, -0.2) is 4.98 Å². The summed E-state index contributed by atoms with van der Waals surface area (Å²) in [7, 11) is 0.